The number of pyridine rings is 2. The Morgan fingerprint density at radius 2 is 1.00 bits per heavy atom. The van der Waals surface area contributed by atoms with Gasteiger partial charge in [-0.15, -0.1) is 0 Å². The molecule has 1 aliphatic heterocycles. The third kappa shape index (κ3) is 7.51. The molecule has 4 heteroatoms. The SMILES string of the molecule is CCC[n+]1ccc(-c2cc[n+](CCCCCCCCCCN3c4ccccc4Sc4ccccc43)cc2)cc1. The molecule has 0 unspecified atom stereocenters. The van der Waals surface area contributed by atoms with Crippen LogP contribution in [0.2, 0.25) is 0 Å². The van der Waals surface area contributed by atoms with Crippen molar-refractivity contribution in [1.82, 2.24) is 0 Å². The van der Waals surface area contributed by atoms with Crippen molar-refractivity contribution < 1.29 is 9.13 Å². The van der Waals surface area contributed by atoms with Gasteiger partial charge in [0, 0.05) is 53.4 Å². The average Bonchev–Trinajstić information content (AvgIpc) is 2.98. The van der Waals surface area contributed by atoms with E-state index < -0.39 is 0 Å². The Bertz CT molecular complexity index is 1250. The minimum Gasteiger partial charge on any atom is -0.340 e. The van der Waals surface area contributed by atoms with Gasteiger partial charge in [0.25, 0.3) is 0 Å². The van der Waals surface area contributed by atoms with Gasteiger partial charge in [0.15, 0.2) is 24.8 Å². The van der Waals surface area contributed by atoms with Crippen LogP contribution >= 0.6 is 11.8 Å². The summed E-state index contributed by atoms with van der Waals surface area (Å²) in [4.78, 5) is 5.29. The Balaban J connectivity index is 0.953. The average molecular weight is 538 g/mol. The summed E-state index contributed by atoms with van der Waals surface area (Å²) in [6.45, 7) is 5.52. The first-order valence-electron chi connectivity index (χ1n) is 14.9. The molecule has 0 fully saturated rings. The van der Waals surface area contributed by atoms with E-state index in [-0.39, 0.29) is 0 Å². The molecule has 2 aromatic heterocycles. The quantitative estimate of drug-likeness (QED) is 0.118. The standard InChI is InChI=1S/C35H43N3S/c1-2-23-36-26-19-30(20-27-36)31-21-28-37(29-22-31)24-13-7-5-3-4-6-8-14-25-38-32-15-9-11-17-34(32)39-35-18-12-10-16-33(35)38/h9-12,15-22,26-29H,2-8,13-14,23-25H2,1H3/q+2. The number of fused-ring (bicyclic) bond motifs is 2. The topological polar surface area (TPSA) is 11.0 Å². The fourth-order valence-corrected chi connectivity index (χ4v) is 6.60. The van der Waals surface area contributed by atoms with E-state index in [4.69, 9.17) is 0 Å². The normalized spacial score (nSPS) is 12.3. The molecule has 0 N–H and O–H groups in total. The van der Waals surface area contributed by atoms with Gasteiger partial charge in [-0.1, -0.05) is 75.1 Å². The van der Waals surface area contributed by atoms with E-state index in [2.05, 4.69) is 119 Å². The highest BCUT2D eigenvalue weighted by Gasteiger charge is 2.22. The van der Waals surface area contributed by atoms with Crippen LogP contribution in [0.5, 0.6) is 0 Å². The van der Waals surface area contributed by atoms with Gasteiger partial charge in [-0.25, -0.2) is 9.13 Å². The van der Waals surface area contributed by atoms with Gasteiger partial charge in [0.05, 0.1) is 11.4 Å². The van der Waals surface area contributed by atoms with E-state index in [9.17, 15) is 0 Å². The number of aromatic nitrogens is 2. The molecule has 0 saturated heterocycles. The summed E-state index contributed by atoms with van der Waals surface area (Å²) < 4.78 is 4.58. The molecule has 0 spiro atoms. The van der Waals surface area contributed by atoms with Crippen molar-refractivity contribution in [2.75, 3.05) is 11.4 Å². The fraction of sp³-hybridized carbons (Fsp3) is 0.371. The van der Waals surface area contributed by atoms with Gasteiger partial charge >= 0.3 is 0 Å². The fourth-order valence-electron chi connectivity index (χ4n) is 5.50. The highest BCUT2D eigenvalue weighted by molar-refractivity contribution is 7.99. The maximum atomic E-state index is 2.54. The molecular formula is C35H43N3S+2. The van der Waals surface area contributed by atoms with Crippen LogP contribution in [0, 0.1) is 0 Å². The Hall–Kier alpha value is -3.11. The monoisotopic (exact) mass is 537 g/mol. The molecule has 0 saturated carbocycles. The van der Waals surface area contributed by atoms with Gasteiger partial charge < -0.3 is 4.90 Å². The Morgan fingerprint density at radius 1 is 0.538 bits per heavy atom. The van der Waals surface area contributed by atoms with Crippen LogP contribution < -0.4 is 14.0 Å². The van der Waals surface area contributed by atoms with Crippen LogP contribution in [-0.2, 0) is 13.1 Å². The van der Waals surface area contributed by atoms with E-state index in [0.29, 0.717) is 0 Å². The zero-order valence-corrected chi connectivity index (χ0v) is 24.3. The van der Waals surface area contributed by atoms with Crippen LogP contribution in [0.1, 0.15) is 64.7 Å². The molecule has 0 atom stereocenters. The lowest BCUT2D eigenvalue weighted by Crippen LogP contribution is -2.32. The summed E-state index contributed by atoms with van der Waals surface area (Å²) in [6, 6.07) is 26.6. The van der Waals surface area contributed by atoms with Crippen molar-refractivity contribution in [2.24, 2.45) is 0 Å². The lowest BCUT2D eigenvalue weighted by atomic mass is 10.1. The number of unbranched alkanes of at least 4 members (excludes halogenated alkanes) is 7. The number of hydrogen-bond acceptors (Lipinski definition) is 2. The molecule has 4 aromatic rings. The number of nitrogens with zero attached hydrogens (tertiary/aromatic N) is 3. The molecule has 5 rings (SSSR count). The molecule has 0 amide bonds. The first-order chi connectivity index (χ1) is 19.3. The van der Waals surface area contributed by atoms with Gasteiger partial charge in [0.1, 0.15) is 13.1 Å². The molecule has 1 aliphatic rings. The van der Waals surface area contributed by atoms with Crippen LogP contribution in [-0.4, -0.2) is 6.54 Å². The molecule has 0 radical (unpaired) electrons. The van der Waals surface area contributed by atoms with Crippen molar-refractivity contribution >= 4 is 23.1 Å². The minimum atomic E-state index is 1.08. The maximum Gasteiger partial charge on any atom is 0.169 e. The third-order valence-corrected chi connectivity index (χ3v) is 8.81. The van der Waals surface area contributed by atoms with Gasteiger partial charge in [-0.2, -0.15) is 0 Å². The highest BCUT2D eigenvalue weighted by Crippen LogP contribution is 2.47. The number of aryl methyl sites for hydroxylation is 2. The van der Waals surface area contributed by atoms with Crippen molar-refractivity contribution in [1.29, 1.82) is 0 Å². The minimum absolute atomic E-state index is 1.08. The summed E-state index contributed by atoms with van der Waals surface area (Å²) in [5.74, 6) is 0. The molecule has 202 valence electrons. The maximum absolute atomic E-state index is 2.54. The molecule has 3 nitrogen and oxygen atoms in total. The van der Waals surface area contributed by atoms with Crippen LogP contribution in [0.3, 0.4) is 0 Å². The van der Waals surface area contributed by atoms with Crippen molar-refractivity contribution in [3.05, 3.63) is 97.6 Å². The van der Waals surface area contributed by atoms with E-state index in [1.165, 1.54) is 90.1 Å². The smallest absolute Gasteiger partial charge is 0.169 e. The number of rotatable bonds is 14. The number of benzene rings is 2. The predicted octanol–water partition coefficient (Wildman–Crippen LogP) is 8.76. The van der Waals surface area contributed by atoms with Crippen molar-refractivity contribution in [3.8, 4) is 11.1 Å². The first kappa shape index (κ1) is 27.5. The number of anilines is 2. The lowest BCUT2D eigenvalue weighted by Gasteiger charge is -2.32. The zero-order valence-electron chi connectivity index (χ0n) is 23.5. The Kier molecular flexibility index (Phi) is 10.1. The second kappa shape index (κ2) is 14.3. The van der Waals surface area contributed by atoms with E-state index >= 15 is 0 Å². The van der Waals surface area contributed by atoms with E-state index in [1.807, 2.05) is 11.8 Å². The van der Waals surface area contributed by atoms with Gasteiger partial charge in [-0.05, 0) is 48.2 Å². The highest BCUT2D eigenvalue weighted by atomic mass is 32.2. The Labute approximate surface area is 239 Å². The van der Waals surface area contributed by atoms with E-state index in [0.717, 1.165) is 19.6 Å². The predicted molar refractivity (Wildman–Crippen MR) is 164 cm³/mol. The molecular weight excluding hydrogens is 494 g/mol. The van der Waals surface area contributed by atoms with Crippen molar-refractivity contribution in [2.45, 2.75) is 87.6 Å². The van der Waals surface area contributed by atoms with Crippen LogP contribution in [0.15, 0.2) is 107 Å². The molecule has 39 heavy (non-hydrogen) atoms. The molecule has 0 aliphatic carbocycles. The molecule has 2 aromatic carbocycles. The second-order valence-corrected chi connectivity index (χ2v) is 11.8. The third-order valence-electron chi connectivity index (χ3n) is 7.68. The first-order valence-corrected chi connectivity index (χ1v) is 15.8. The number of para-hydroxylation sites is 2. The second-order valence-electron chi connectivity index (χ2n) is 10.7. The summed E-state index contributed by atoms with van der Waals surface area (Å²) in [7, 11) is 0. The van der Waals surface area contributed by atoms with Gasteiger partial charge in [0.2, 0.25) is 0 Å². The Morgan fingerprint density at radius 3 is 1.54 bits per heavy atom. The summed E-state index contributed by atoms with van der Waals surface area (Å²) in [5.41, 5.74) is 5.32. The largest absolute Gasteiger partial charge is 0.340 e. The van der Waals surface area contributed by atoms with Crippen molar-refractivity contribution in [3.63, 3.8) is 0 Å². The summed E-state index contributed by atoms with van der Waals surface area (Å²) >= 11 is 1.90. The molecule has 0 bridgehead atoms. The summed E-state index contributed by atoms with van der Waals surface area (Å²) in [6.07, 6.45) is 20.6. The molecule has 3 heterocycles. The van der Waals surface area contributed by atoms with Crippen LogP contribution in [0.25, 0.3) is 11.1 Å². The summed E-state index contributed by atoms with van der Waals surface area (Å²) in [5, 5.41) is 0. The van der Waals surface area contributed by atoms with Crippen LogP contribution in [0.4, 0.5) is 11.4 Å². The lowest BCUT2D eigenvalue weighted by molar-refractivity contribution is -0.697. The van der Waals surface area contributed by atoms with Gasteiger partial charge in [-0.3, -0.25) is 0 Å². The van der Waals surface area contributed by atoms with E-state index in [1.54, 1.807) is 0 Å². The number of hydrogen-bond donors (Lipinski definition) is 0. The zero-order chi connectivity index (χ0) is 26.7.